The van der Waals surface area contributed by atoms with Gasteiger partial charge in [-0.25, -0.2) is 4.39 Å². The predicted molar refractivity (Wildman–Crippen MR) is 110 cm³/mol. The number of aryl methyl sites for hydroxylation is 3. The van der Waals surface area contributed by atoms with E-state index in [1.165, 1.54) is 6.07 Å². The van der Waals surface area contributed by atoms with Crippen LogP contribution >= 0.6 is 27.5 Å². The lowest BCUT2D eigenvalue weighted by Crippen LogP contribution is -2.16. The predicted octanol–water partition coefficient (Wildman–Crippen LogP) is 4.64. The molecule has 0 aliphatic rings. The number of nitrogens with one attached hydrogen (secondary N) is 1. The van der Waals surface area contributed by atoms with E-state index in [9.17, 15) is 9.18 Å². The van der Waals surface area contributed by atoms with Crippen molar-refractivity contribution in [3.63, 3.8) is 0 Å². The number of carbonyl (C=O) groups is 1. The number of anilines is 1. The first-order chi connectivity index (χ1) is 13.3. The molecule has 0 aliphatic heterocycles. The van der Waals surface area contributed by atoms with Gasteiger partial charge in [-0.15, -0.1) is 0 Å². The van der Waals surface area contributed by atoms with E-state index in [0.717, 1.165) is 15.9 Å². The molecule has 0 saturated heterocycles. The highest BCUT2D eigenvalue weighted by atomic mass is 79.9. The topological polar surface area (TPSA) is 64.7 Å². The third kappa shape index (κ3) is 4.44. The fourth-order valence-corrected chi connectivity index (χ4v) is 3.43. The molecule has 2 aromatic heterocycles. The van der Waals surface area contributed by atoms with Crippen LogP contribution in [0.25, 0.3) is 0 Å². The van der Waals surface area contributed by atoms with Gasteiger partial charge in [0.15, 0.2) is 0 Å². The van der Waals surface area contributed by atoms with Crippen molar-refractivity contribution in [3.05, 3.63) is 62.4 Å². The van der Waals surface area contributed by atoms with Gasteiger partial charge < -0.3 is 5.32 Å². The Hall–Kier alpha value is -2.19. The third-order valence-corrected chi connectivity index (χ3v) is 5.60. The van der Waals surface area contributed by atoms with Crippen LogP contribution in [-0.4, -0.2) is 25.5 Å². The smallest absolute Gasteiger partial charge is 0.226 e. The van der Waals surface area contributed by atoms with Crippen LogP contribution in [0.2, 0.25) is 5.02 Å². The van der Waals surface area contributed by atoms with Gasteiger partial charge in [0, 0.05) is 29.7 Å². The summed E-state index contributed by atoms with van der Waals surface area (Å²) in [6.07, 6.45) is 2.12. The molecule has 3 aromatic rings. The Kier molecular flexibility index (Phi) is 6.20. The summed E-state index contributed by atoms with van der Waals surface area (Å²) in [5.74, 6) is -0.523. The monoisotopic (exact) mass is 467 g/mol. The van der Waals surface area contributed by atoms with Crippen LogP contribution in [0.4, 0.5) is 10.1 Å². The summed E-state index contributed by atoms with van der Waals surface area (Å²) in [5, 5.41) is 12.0. The minimum absolute atomic E-state index is 0.140. The van der Waals surface area contributed by atoms with Gasteiger partial charge in [-0.2, -0.15) is 10.2 Å². The molecule has 0 fully saturated rings. The zero-order valence-electron chi connectivity index (χ0n) is 15.8. The van der Waals surface area contributed by atoms with E-state index >= 15 is 0 Å². The molecule has 2 heterocycles. The first-order valence-electron chi connectivity index (χ1n) is 8.72. The van der Waals surface area contributed by atoms with Crippen LogP contribution in [-0.2, 0) is 17.9 Å². The van der Waals surface area contributed by atoms with E-state index in [1.54, 1.807) is 28.4 Å². The molecule has 148 valence electrons. The van der Waals surface area contributed by atoms with E-state index < -0.39 is 0 Å². The summed E-state index contributed by atoms with van der Waals surface area (Å²) >= 11 is 9.52. The van der Waals surface area contributed by atoms with Gasteiger partial charge in [0.05, 0.1) is 33.8 Å². The van der Waals surface area contributed by atoms with E-state index in [-0.39, 0.29) is 24.7 Å². The highest BCUT2D eigenvalue weighted by Gasteiger charge is 2.17. The zero-order valence-corrected chi connectivity index (χ0v) is 18.1. The van der Waals surface area contributed by atoms with Crippen LogP contribution in [0, 0.1) is 26.6 Å². The number of amides is 1. The molecule has 0 saturated carbocycles. The molecular weight excluding hydrogens is 449 g/mol. The summed E-state index contributed by atoms with van der Waals surface area (Å²) in [6, 6.07) is 4.57. The molecule has 9 heteroatoms. The molecule has 6 nitrogen and oxygen atoms in total. The van der Waals surface area contributed by atoms with Crippen molar-refractivity contribution in [1.82, 2.24) is 19.6 Å². The summed E-state index contributed by atoms with van der Waals surface area (Å²) in [7, 11) is 0. The van der Waals surface area contributed by atoms with Crippen molar-refractivity contribution in [2.75, 3.05) is 5.32 Å². The van der Waals surface area contributed by atoms with Crippen molar-refractivity contribution in [1.29, 1.82) is 0 Å². The van der Waals surface area contributed by atoms with E-state index in [1.807, 2.05) is 20.0 Å². The average Bonchev–Trinajstić information content (AvgIpc) is 3.09. The van der Waals surface area contributed by atoms with Crippen LogP contribution in [0.5, 0.6) is 0 Å². The third-order valence-electron chi connectivity index (χ3n) is 4.47. The van der Waals surface area contributed by atoms with Gasteiger partial charge in [-0.05, 0) is 48.8 Å². The molecule has 0 aliphatic carbocycles. The quantitative estimate of drug-likeness (QED) is 0.573. The number of aromatic nitrogens is 4. The summed E-state index contributed by atoms with van der Waals surface area (Å²) < 4.78 is 18.3. The normalized spacial score (nSPS) is 11.1. The van der Waals surface area contributed by atoms with E-state index in [2.05, 4.69) is 31.4 Å². The van der Waals surface area contributed by atoms with Crippen molar-refractivity contribution >= 4 is 39.1 Å². The highest BCUT2D eigenvalue weighted by molar-refractivity contribution is 9.10. The maximum atomic E-state index is 14.1. The number of rotatable bonds is 6. The first-order valence-corrected chi connectivity index (χ1v) is 9.89. The van der Waals surface area contributed by atoms with Crippen molar-refractivity contribution in [2.45, 2.75) is 40.3 Å². The van der Waals surface area contributed by atoms with E-state index in [0.29, 0.717) is 28.5 Å². The van der Waals surface area contributed by atoms with Gasteiger partial charge in [0.25, 0.3) is 0 Å². The summed E-state index contributed by atoms with van der Waals surface area (Å²) in [6.45, 7) is 6.18. The minimum Gasteiger partial charge on any atom is -0.323 e. The molecule has 1 amide bonds. The van der Waals surface area contributed by atoms with Crippen LogP contribution < -0.4 is 5.32 Å². The molecule has 0 radical (unpaired) electrons. The average molecular weight is 469 g/mol. The Balaban J connectivity index is 1.70. The Labute approximate surface area is 175 Å². The molecule has 3 rings (SSSR count). The second kappa shape index (κ2) is 8.45. The van der Waals surface area contributed by atoms with Gasteiger partial charge in [0.1, 0.15) is 5.82 Å². The number of benzene rings is 1. The molecule has 0 bridgehead atoms. The lowest BCUT2D eigenvalue weighted by molar-refractivity contribution is -0.116. The van der Waals surface area contributed by atoms with Crippen molar-refractivity contribution in [3.8, 4) is 0 Å². The molecule has 28 heavy (non-hydrogen) atoms. The SMILES string of the molecule is Cc1nn(CCC(=O)Nc2c(C)nn(Cc3c(F)cccc3Cl)c2C)cc1Br. The summed E-state index contributed by atoms with van der Waals surface area (Å²) in [4.78, 5) is 12.4. The first kappa shape index (κ1) is 20.5. The number of hydrogen-bond acceptors (Lipinski definition) is 3. The Bertz CT molecular complexity index is 990. The van der Waals surface area contributed by atoms with Gasteiger partial charge >= 0.3 is 0 Å². The molecule has 0 atom stereocenters. The summed E-state index contributed by atoms with van der Waals surface area (Å²) in [5.41, 5.74) is 3.28. The molecule has 1 N–H and O–H groups in total. The number of halogens is 3. The van der Waals surface area contributed by atoms with Crippen LogP contribution in [0.1, 0.15) is 29.1 Å². The minimum atomic E-state index is -0.383. The van der Waals surface area contributed by atoms with Crippen molar-refractivity contribution in [2.24, 2.45) is 0 Å². The van der Waals surface area contributed by atoms with Crippen LogP contribution in [0.15, 0.2) is 28.9 Å². The molecule has 1 aromatic carbocycles. The Morgan fingerprint density at radius 3 is 2.64 bits per heavy atom. The zero-order chi connectivity index (χ0) is 20.4. The maximum absolute atomic E-state index is 14.1. The Morgan fingerprint density at radius 1 is 1.25 bits per heavy atom. The number of carbonyl (C=O) groups excluding carboxylic acids is 1. The number of nitrogens with zero attached hydrogens (tertiary/aromatic N) is 4. The van der Waals surface area contributed by atoms with E-state index in [4.69, 9.17) is 11.6 Å². The fraction of sp³-hybridized carbons (Fsp3) is 0.316. The van der Waals surface area contributed by atoms with Gasteiger partial charge in [0.2, 0.25) is 5.91 Å². The number of hydrogen-bond donors (Lipinski definition) is 1. The molecule has 0 unspecified atom stereocenters. The van der Waals surface area contributed by atoms with Crippen molar-refractivity contribution < 1.29 is 9.18 Å². The lowest BCUT2D eigenvalue weighted by Gasteiger charge is -2.09. The fourth-order valence-electron chi connectivity index (χ4n) is 2.89. The highest BCUT2D eigenvalue weighted by Crippen LogP contribution is 2.24. The second-order valence-corrected chi connectivity index (χ2v) is 7.79. The second-order valence-electron chi connectivity index (χ2n) is 6.53. The largest absolute Gasteiger partial charge is 0.323 e. The molecule has 0 spiro atoms. The Morgan fingerprint density at radius 2 is 2.00 bits per heavy atom. The van der Waals surface area contributed by atoms with Gasteiger partial charge in [-0.3, -0.25) is 14.2 Å². The molecular formula is C19H20BrClFN5O. The lowest BCUT2D eigenvalue weighted by atomic mass is 10.2. The van der Waals surface area contributed by atoms with Crippen LogP contribution in [0.3, 0.4) is 0 Å². The maximum Gasteiger partial charge on any atom is 0.226 e. The standard InChI is InChI=1S/C19H20BrClFN5O/c1-11-15(20)10-26(24-11)8-7-18(28)23-19-12(2)25-27(13(19)3)9-14-16(21)5-4-6-17(14)22/h4-6,10H,7-9H2,1-3H3,(H,23,28). The van der Waals surface area contributed by atoms with Gasteiger partial charge in [-0.1, -0.05) is 17.7 Å².